The number of anilines is 2. The number of rotatable bonds is 4. The predicted molar refractivity (Wildman–Crippen MR) is 106 cm³/mol. The highest BCUT2D eigenvalue weighted by Gasteiger charge is 2.16. The van der Waals surface area contributed by atoms with Gasteiger partial charge in [-0.15, -0.1) is 0 Å². The summed E-state index contributed by atoms with van der Waals surface area (Å²) >= 11 is 0. The Morgan fingerprint density at radius 2 is 1.73 bits per heavy atom. The maximum absolute atomic E-state index is 12.5. The lowest BCUT2D eigenvalue weighted by Gasteiger charge is -2.20. The zero-order valence-corrected chi connectivity index (χ0v) is 15.9. The van der Waals surface area contributed by atoms with E-state index in [1.165, 1.54) is 5.56 Å². The number of nitrogens with one attached hydrogen (secondary N) is 2. The van der Waals surface area contributed by atoms with E-state index in [0.717, 1.165) is 22.5 Å². The molecule has 0 aliphatic heterocycles. The van der Waals surface area contributed by atoms with E-state index < -0.39 is 0 Å². The number of hydrogen-bond donors (Lipinski definition) is 2. The van der Waals surface area contributed by atoms with E-state index in [-0.39, 0.29) is 17.4 Å². The van der Waals surface area contributed by atoms with Crippen molar-refractivity contribution in [2.45, 2.75) is 46.1 Å². The molecule has 5 nitrogen and oxygen atoms in total. The van der Waals surface area contributed by atoms with Crippen LogP contribution >= 0.6 is 0 Å². The number of nitrogens with zero attached hydrogens (tertiary/aromatic N) is 1. The van der Waals surface area contributed by atoms with Gasteiger partial charge in [-0.2, -0.15) is 0 Å². The van der Waals surface area contributed by atoms with E-state index >= 15 is 0 Å². The summed E-state index contributed by atoms with van der Waals surface area (Å²) < 4.78 is 5.47. The van der Waals surface area contributed by atoms with Crippen LogP contribution < -0.4 is 10.6 Å². The minimum Gasteiger partial charge on any atom is -0.441 e. The Morgan fingerprint density at radius 3 is 2.38 bits per heavy atom. The average Bonchev–Trinajstić information content (AvgIpc) is 2.93. The van der Waals surface area contributed by atoms with Crippen molar-refractivity contribution < 1.29 is 9.21 Å². The molecule has 0 saturated carbocycles. The first kappa shape index (κ1) is 18.0. The largest absolute Gasteiger partial charge is 0.441 e. The van der Waals surface area contributed by atoms with Crippen LogP contribution in [0, 0.1) is 6.92 Å². The first-order valence-electron chi connectivity index (χ1n) is 8.77. The van der Waals surface area contributed by atoms with Gasteiger partial charge in [0.25, 0.3) is 0 Å². The summed E-state index contributed by atoms with van der Waals surface area (Å²) in [6, 6.07) is 13.2. The Kier molecular flexibility index (Phi) is 4.72. The molecular weight excluding hydrogens is 326 g/mol. The number of oxazole rings is 1. The molecule has 0 aliphatic carbocycles. The summed E-state index contributed by atoms with van der Waals surface area (Å²) in [5.74, 6) is 0.534. The lowest BCUT2D eigenvalue weighted by molar-refractivity contribution is -0.116. The van der Waals surface area contributed by atoms with Crippen LogP contribution in [-0.4, -0.2) is 16.9 Å². The average molecular weight is 351 g/mol. The van der Waals surface area contributed by atoms with Gasteiger partial charge in [-0.1, -0.05) is 32.9 Å². The molecular formula is C21H25N3O2. The summed E-state index contributed by atoms with van der Waals surface area (Å²) in [5.41, 5.74) is 4.46. The molecule has 1 aromatic heterocycles. The van der Waals surface area contributed by atoms with Gasteiger partial charge in [-0.25, -0.2) is 4.98 Å². The minimum atomic E-state index is -0.386. The van der Waals surface area contributed by atoms with Gasteiger partial charge in [0.2, 0.25) is 5.91 Å². The monoisotopic (exact) mass is 351 g/mol. The molecule has 2 aromatic carbocycles. The highest BCUT2D eigenvalue weighted by Crippen LogP contribution is 2.24. The van der Waals surface area contributed by atoms with E-state index in [1.807, 2.05) is 44.2 Å². The fourth-order valence-electron chi connectivity index (χ4n) is 2.75. The van der Waals surface area contributed by atoms with E-state index in [4.69, 9.17) is 4.42 Å². The second-order valence-corrected chi connectivity index (χ2v) is 7.60. The van der Waals surface area contributed by atoms with Crippen molar-refractivity contribution in [1.29, 1.82) is 0 Å². The standard InChI is InChI=1S/C21H25N3O2/c1-13(22-17-10-11-19-18(12-17)23-14(2)26-19)20(25)24-16-8-6-15(7-9-16)21(3,4)5/h6-13,22H,1-5H3,(H,24,25)/t13-/m1/s1. The van der Waals surface area contributed by atoms with E-state index in [9.17, 15) is 4.79 Å². The maximum Gasteiger partial charge on any atom is 0.246 e. The number of hydrogen-bond acceptors (Lipinski definition) is 4. The van der Waals surface area contributed by atoms with Crippen molar-refractivity contribution in [3.63, 3.8) is 0 Å². The molecule has 3 rings (SSSR count). The van der Waals surface area contributed by atoms with E-state index in [2.05, 4.69) is 48.5 Å². The summed E-state index contributed by atoms with van der Waals surface area (Å²) in [5, 5.41) is 6.15. The second-order valence-electron chi connectivity index (χ2n) is 7.60. The maximum atomic E-state index is 12.5. The van der Waals surface area contributed by atoms with Crippen LogP contribution in [0.4, 0.5) is 11.4 Å². The fraction of sp³-hybridized carbons (Fsp3) is 0.333. The molecule has 0 unspecified atom stereocenters. The van der Waals surface area contributed by atoms with Crippen LogP contribution in [-0.2, 0) is 10.2 Å². The normalized spacial score (nSPS) is 12.8. The Labute approximate surface area is 153 Å². The van der Waals surface area contributed by atoms with Crippen LogP contribution in [0.3, 0.4) is 0 Å². The van der Waals surface area contributed by atoms with Crippen molar-refractivity contribution in [3.05, 3.63) is 53.9 Å². The lowest BCUT2D eigenvalue weighted by Crippen LogP contribution is -2.31. The third-order valence-corrected chi connectivity index (χ3v) is 4.29. The molecule has 5 heteroatoms. The molecule has 0 spiro atoms. The number of benzene rings is 2. The van der Waals surface area contributed by atoms with Gasteiger partial charge in [0, 0.05) is 18.3 Å². The molecule has 136 valence electrons. The second kappa shape index (κ2) is 6.83. The molecule has 0 saturated heterocycles. The third kappa shape index (κ3) is 4.04. The Balaban J connectivity index is 1.65. The van der Waals surface area contributed by atoms with Gasteiger partial charge < -0.3 is 15.1 Å². The van der Waals surface area contributed by atoms with Crippen LogP contribution in [0.15, 0.2) is 46.9 Å². The molecule has 0 radical (unpaired) electrons. The number of fused-ring (bicyclic) bond motifs is 1. The topological polar surface area (TPSA) is 67.2 Å². The molecule has 26 heavy (non-hydrogen) atoms. The highest BCUT2D eigenvalue weighted by atomic mass is 16.3. The first-order valence-corrected chi connectivity index (χ1v) is 8.77. The van der Waals surface area contributed by atoms with Crippen LogP contribution in [0.25, 0.3) is 11.1 Å². The molecule has 0 aliphatic rings. The van der Waals surface area contributed by atoms with Gasteiger partial charge in [0.05, 0.1) is 0 Å². The number of carbonyl (C=O) groups excluding carboxylic acids is 1. The van der Waals surface area contributed by atoms with Gasteiger partial charge in [-0.05, 0) is 48.2 Å². The van der Waals surface area contributed by atoms with Crippen LogP contribution in [0.2, 0.25) is 0 Å². The summed E-state index contributed by atoms with van der Waals surface area (Å²) in [6.07, 6.45) is 0. The molecule has 2 N–H and O–H groups in total. The highest BCUT2D eigenvalue weighted by molar-refractivity contribution is 5.96. The molecule has 1 atom stereocenters. The SMILES string of the molecule is Cc1nc2cc(N[C@H](C)C(=O)Nc3ccc(C(C)(C)C)cc3)ccc2o1. The molecule has 1 amide bonds. The Morgan fingerprint density at radius 1 is 1.08 bits per heavy atom. The quantitative estimate of drug-likeness (QED) is 0.703. The summed E-state index contributed by atoms with van der Waals surface area (Å²) in [7, 11) is 0. The van der Waals surface area contributed by atoms with Crippen LogP contribution in [0.1, 0.15) is 39.1 Å². The molecule has 1 heterocycles. The van der Waals surface area contributed by atoms with Crippen molar-refractivity contribution >= 4 is 28.4 Å². The molecule has 0 fully saturated rings. The third-order valence-electron chi connectivity index (χ3n) is 4.29. The minimum absolute atomic E-state index is 0.0926. The van der Waals surface area contributed by atoms with Crippen molar-refractivity contribution in [2.24, 2.45) is 0 Å². The van der Waals surface area contributed by atoms with E-state index in [0.29, 0.717) is 5.89 Å². The lowest BCUT2D eigenvalue weighted by atomic mass is 9.87. The summed E-state index contributed by atoms with van der Waals surface area (Å²) in [6.45, 7) is 10.1. The number of aryl methyl sites for hydroxylation is 1. The van der Waals surface area contributed by atoms with Crippen LogP contribution in [0.5, 0.6) is 0 Å². The zero-order chi connectivity index (χ0) is 18.9. The zero-order valence-electron chi connectivity index (χ0n) is 15.9. The number of amides is 1. The van der Waals surface area contributed by atoms with Gasteiger partial charge in [0.1, 0.15) is 11.6 Å². The van der Waals surface area contributed by atoms with Gasteiger partial charge >= 0.3 is 0 Å². The van der Waals surface area contributed by atoms with Gasteiger partial charge in [0.15, 0.2) is 11.5 Å². The first-order chi connectivity index (χ1) is 12.2. The predicted octanol–water partition coefficient (Wildman–Crippen LogP) is 4.87. The molecule has 3 aromatic rings. The number of aromatic nitrogens is 1. The Bertz CT molecular complexity index is 921. The van der Waals surface area contributed by atoms with Gasteiger partial charge in [-0.3, -0.25) is 4.79 Å². The number of carbonyl (C=O) groups is 1. The van der Waals surface area contributed by atoms with E-state index in [1.54, 1.807) is 0 Å². The summed E-state index contributed by atoms with van der Waals surface area (Å²) in [4.78, 5) is 16.8. The van der Waals surface area contributed by atoms with Crippen molar-refractivity contribution in [1.82, 2.24) is 4.98 Å². The Hall–Kier alpha value is -2.82. The fourth-order valence-corrected chi connectivity index (χ4v) is 2.75. The van der Waals surface area contributed by atoms with Crippen molar-refractivity contribution in [2.75, 3.05) is 10.6 Å². The smallest absolute Gasteiger partial charge is 0.246 e. The van der Waals surface area contributed by atoms with Crippen molar-refractivity contribution in [3.8, 4) is 0 Å². The molecule has 0 bridgehead atoms.